The zero-order chi connectivity index (χ0) is 13.2. The quantitative estimate of drug-likeness (QED) is 0.814. The second kappa shape index (κ2) is 5.57. The fourth-order valence-electron chi connectivity index (χ4n) is 3.41. The monoisotopic (exact) mass is 254 g/mol. The molecule has 0 radical (unpaired) electrons. The number of nitrogens with one attached hydrogen (secondary N) is 1. The van der Waals surface area contributed by atoms with Gasteiger partial charge in [-0.2, -0.15) is 0 Å². The van der Waals surface area contributed by atoms with Crippen LogP contribution in [0.1, 0.15) is 52.4 Å². The third kappa shape index (κ3) is 2.28. The Hall–Kier alpha value is -0.610. The molecule has 1 spiro atoms. The minimum atomic E-state index is -0.234. The van der Waals surface area contributed by atoms with Gasteiger partial charge in [0.05, 0.1) is 11.7 Å². The van der Waals surface area contributed by atoms with Crippen LogP contribution < -0.4 is 5.32 Å². The lowest BCUT2D eigenvalue weighted by Gasteiger charge is -2.30. The summed E-state index contributed by atoms with van der Waals surface area (Å²) in [7, 11) is 1.71. The maximum Gasteiger partial charge on any atom is 0.244 e. The molecule has 1 amide bonds. The SMILES string of the molecule is CCC1NC2(CCCC2)C(=O)N1C(C)CCOC. The van der Waals surface area contributed by atoms with Gasteiger partial charge in [0.2, 0.25) is 5.91 Å². The highest BCUT2D eigenvalue weighted by molar-refractivity contribution is 5.89. The fraction of sp³-hybridized carbons (Fsp3) is 0.929. The van der Waals surface area contributed by atoms with E-state index in [4.69, 9.17) is 4.74 Å². The van der Waals surface area contributed by atoms with Crippen LogP contribution in [0.25, 0.3) is 0 Å². The first kappa shape index (κ1) is 13.8. The minimum absolute atomic E-state index is 0.211. The molecular formula is C14H26N2O2. The molecular weight excluding hydrogens is 228 g/mol. The molecule has 1 N–H and O–H groups in total. The van der Waals surface area contributed by atoms with E-state index in [1.54, 1.807) is 7.11 Å². The molecule has 0 bridgehead atoms. The van der Waals surface area contributed by atoms with Crippen LogP contribution in [0.15, 0.2) is 0 Å². The van der Waals surface area contributed by atoms with Gasteiger partial charge in [0.1, 0.15) is 0 Å². The van der Waals surface area contributed by atoms with Crippen molar-refractivity contribution in [1.82, 2.24) is 10.2 Å². The average Bonchev–Trinajstić information content (AvgIpc) is 2.94. The van der Waals surface area contributed by atoms with E-state index in [1.165, 1.54) is 12.8 Å². The highest BCUT2D eigenvalue weighted by Gasteiger charge is 2.52. The number of ether oxygens (including phenoxy) is 1. The smallest absolute Gasteiger partial charge is 0.244 e. The largest absolute Gasteiger partial charge is 0.385 e. The van der Waals surface area contributed by atoms with Crippen molar-refractivity contribution in [3.63, 3.8) is 0 Å². The number of methoxy groups -OCH3 is 1. The van der Waals surface area contributed by atoms with Gasteiger partial charge in [-0.05, 0) is 32.6 Å². The maximum absolute atomic E-state index is 12.7. The Morgan fingerprint density at radius 3 is 2.72 bits per heavy atom. The summed E-state index contributed by atoms with van der Waals surface area (Å²) in [5.41, 5.74) is -0.234. The first-order chi connectivity index (χ1) is 8.64. The Morgan fingerprint density at radius 2 is 2.17 bits per heavy atom. The lowest BCUT2D eigenvalue weighted by Crippen LogP contribution is -2.45. The first-order valence-corrected chi connectivity index (χ1v) is 7.24. The van der Waals surface area contributed by atoms with Crippen LogP contribution in [0.5, 0.6) is 0 Å². The Bertz CT molecular complexity index is 300. The van der Waals surface area contributed by atoms with Crippen molar-refractivity contribution in [2.24, 2.45) is 0 Å². The topological polar surface area (TPSA) is 41.6 Å². The summed E-state index contributed by atoms with van der Waals surface area (Å²) in [5.74, 6) is 0.329. The Labute approximate surface area is 110 Å². The molecule has 4 nitrogen and oxygen atoms in total. The number of carbonyl (C=O) groups excluding carboxylic acids is 1. The molecule has 2 unspecified atom stereocenters. The van der Waals surface area contributed by atoms with Crippen molar-refractivity contribution in [3.8, 4) is 0 Å². The molecule has 18 heavy (non-hydrogen) atoms. The molecule has 1 heterocycles. The molecule has 104 valence electrons. The number of hydrogen-bond acceptors (Lipinski definition) is 3. The van der Waals surface area contributed by atoms with E-state index in [9.17, 15) is 4.79 Å². The lowest BCUT2D eigenvalue weighted by atomic mass is 9.97. The number of amides is 1. The number of nitrogens with zero attached hydrogens (tertiary/aromatic N) is 1. The van der Waals surface area contributed by atoms with Crippen molar-refractivity contribution in [1.29, 1.82) is 0 Å². The molecule has 0 aromatic heterocycles. The lowest BCUT2D eigenvalue weighted by molar-refractivity contribution is -0.135. The van der Waals surface area contributed by atoms with Gasteiger partial charge in [-0.15, -0.1) is 0 Å². The third-order valence-electron chi connectivity index (χ3n) is 4.48. The number of rotatable bonds is 5. The number of hydrogen-bond donors (Lipinski definition) is 1. The van der Waals surface area contributed by atoms with E-state index >= 15 is 0 Å². The van der Waals surface area contributed by atoms with E-state index in [1.807, 2.05) is 0 Å². The first-order valence-electron chi connectivity index (χ1n) is 7.24. The highest BCUT2D eigenvalue weighted by Crippen LogP contribution is 2.38. The van der Waals surface area contributed by atoms with Gasteiger partial charge < -0.3 is 9.64 Å². The summed E-state index contributed by atoms with van der Waals surface area (Å²) >= 11 is 0. The van der Waals surface area contributed by atoms with Crippen LogP contribution in [0.3, 0.4) is 0 Å². The summed E-state index contributed by atoms with van der Waals surface area (Å²) in [5, 5.41) is 3.61. The summed E-state index contributed by atoms with van der Waals surface area (Å²) in [6.45, 7) is 5.00. The van der Waals surface area contributed by atoms with E-state index in [2.05, 4.69) is 24.1 Å². The van der Waals surface area contributed by atoms with Crippen LogP contribution in [-0.2, 0) is 9.53 Å². The predicted molar refractivity (Wildman–Crippen MR) is 71.2 cm³/mol. The van der Waals surface area contributed by atoms with Crippen molar-refractivity contribution in [2.45, 2.75) is 70.1 Å². The van der Waals surface area contributed by atoms with Gasteiger partial charge in [0, 0.05) is 19.8 Å². The van der Waals surface area contributed by atoms with Crippen LogP contribution in [-0.4, -0.2) is 42.3 Å². The normalized spacial score (nSPS) is 28.3. The maximum atomic E-state index is 12.7. The fourth-order valence-corrected chi connectivity index (χ4v) is 3.41. The van der Waals surface area contributed by atoms with Crippen LogP contribution in [0.4, 0.5) is 0 Å². The van der Waals surface area contributed by atoms with Gasteiger partial charge in [-0.3, -0.25) is 10.1 Å². The van der Waals surface area contributed by atoms with Crippen LogP contribution in [0, 0.1) is 0 Å². The molecule has 1 aliphatic carbocycles. The summed E-state index contributed by atoms with van der Waals surface area (Å²) in [4.78, 5) is 14.8. The van der Waals surface area contributed by atoms with Crippen LogP contribution in [0.2, 0.25) is 0 Å². The molecule has 2 atom stereocenters. The molecule has 2 rings (SSSR count). The van der Waals surface area contributed by atoms with Gasteiger partial charge in [0.15, 0.2) is 0 Å². The van der Waals surface area contributed by atoms with Gasteiger partial charge in [-0.1, -0.05) is 19.8 Å². The zero-order valence-corrected chi connectivity index (χ0v) is 11.9. The van der Waals surface area contributed by atoms with Gasteiger partial charge in [0.25, 0.3) is 0 Å². The van der Waals surface area contributed by atoms with E-state index in [-0.39, 0.29) is 17.7 Å². The van der Waals surface area contributed by atoms with E-state index < -0.39 is 0 Å². The minimum Gasteiger partial charge on any atom is -0.385 e. The number of carbonyl (C=O) groups is 1. The van der Waals surface area contributed by atoms with E-state index in [0.29, 0.717) is 12.5 Å². The molecule has 2 fully saturated rings. The highest BCUT2D eigenvalue weighted by atomic mass is 16.5. The van der Waals surface area contributed by atoms with Crippen molar-refractivity contribution in [3.05, 3.63) is 0 Å². The second-order valence-electron chi connectivity index (χ2n) is 5.70. The Balaban J connectivity index is 2.10. The standard InChI is InChI=1S/C14H26N2O2/c1-4-12-15-14(8-5-6-9-14)13(17)16(12)11(2)7-10-18-3/h11-12,15H,4-10H2,1-3H3. The zero-order valence-electron chi connectivity index (χ0n) is 11.9. The second-order valence-corrected chi connectivity index (χ2v) is 5.70. The molecule has 0 aromatic carbocycles. The van der Waals surface area contributed by atoms with Gasteiger partial charge >= 0.3 is 0 Å². The third-order valence-corrected chi connectivity index (χ3v) is 4.48. The van der Waals surface area contributed by atoms with E-state index in [0.717, 1.165) is 25.7 Å². The Kier molecular flexibility index (Phi) is 4.28. The summed E-state index contributed by atoms with van der Waals surface area (Å²) in [6, 6.07) is 0.259. The predicted octanol–water partition coefficient (Wildman–Crippen LogP) is 1.89. The van der Waals surface area contributed by atoms with Crippen molar-refractivity contribution < 1.29 is 9.53 Å². The average molecular weight is 254 g/mol. The van der Waals surface area contributed by atoms with Crippen molar-refractivity contribution in [2.75, 3.05) is 13.7 Å². The molecule has 2 aliphatic rings. The van der Waals surface area contributed by atoms with Crippen molar-refractivity contribution >= 4 is 5.91 Å². The Morgan fingerprint density at radius 1 is 1.50 bits per heavy atom. The molecule has 1 saturated carbocycles. The summed E-state index contributed by atoms with van der Waals surface area (Å²) in [6.07, 6.45) is 6.47. The van der Waals surface area contributed by atoms with Gasteiger partial charge in [-0.25, -0.2) is 0 Å². The molecule has 0 aromatic rings. The van der Waals surface area contributed by atoms with Crippen LogP contribution >= 0.6 is 0 Å². The molecule has 1 saturated heterocycles. The molecule has 4 heteroatoms. The summed E-state index contributed by atoms with van der Waals surface area (Å²) < 4.78 is 5.13. The molecule has 1 aliphatic heterocycles.